The number of esters is 1. The average molecular weight is 128 g/mol. The largest absolute Gasteiger partial charge is 0.468 e. The monoisotopic (exact) mass is 128 g/mol. The molecule has 1 saturated heterocycles. The second kappa shape index (κ2) is 2.82. The van der Waals surface area contributed by atoms with Gasteiger partial charge in [0.2, 0.25) is 0 Å². The van der Waals surface area contributed by atoms with Crippen molar-refractivity contribution < 1.29 is 9.53 Å². The topological polar surface area (TPSA) is 38.3 Å². The van der Waals surface area contributed by atoms with Crippen molar-refractivity contribution in [2.75, 3.05) is 13.7 Å². The Labute approximate surface area is 54.4 Å². The van der Waals surface area contributed by atoms with Gasteiger partial charge in [-0.3, -0.25) is 4.79 Å². The molecular weight excluding hydrogens is 118 g/mol. The minimum absolute atomic E-state index is 0.0880. The van der Waals surface area contributed by atoms with Crippen LogP contribution in [-0.4, -0.2) is 25.7 Å². The molecule has 51 valence electrons. The average Bonchev–Trinajstić information content (AvgIpc) is 2.37. The van der Waals surface area contributed by atoms with Gasteiger partial charge in [0, 0.05) is 0 Å². The summed E-state index contributed by atoms with van der Waals surface area (Å²) in [6.45, 7) is 0.819. The third-order valence-corrected chi connectivity index (χ3v) is 1.40. The van der Waals surface area contributed by atoms with Gasteiger partial charge in [-0.05, 0) is 19.4 Å². The van der Waals surface area contributed by atoms with Crippen LogP contribution in [0.25, 0.3) is 0 Å². The summed E-state index contributed by atoms with van der Waals surface area (Å²) >= 11 is 0. The van der Waals surface area contributed by atoms with E-state index in [0.29, 0.717) is 0 Å². The minimum atomic E-state index is -0.163. The Hall–Kier alpha value is -0.570. The number of hydrogen-bond acceptors (Lipinski definition) is 3. The van der Waals surface area contributed by atoms with Gasteiger partial charge in [-0.25, -0.2) is 0 Å². The van der Waals surface area contributed by atoms with Gasteiger partial charge in [-0.2, -0.15) is 0 Å². The van der Waals surface area contributed by atoms with E-state index in [9.17, 15) is 4.79 Å². The second-order valence-corrected chi connectivity index (χ2v) is 2.01. The number of nitrogens with one attached hydrogen (secondary N) is 1. The Morgan fingerprint density at radius 3 is 3.11 bits per heavy atom. The Morgan fingerprint density at radius 2 is 2.67 bits per heavy atom. The zero-order valence-corrected chi connectivity index (χ0v) is 5.39. The summed E-state index contributed by atoms with van der Waals surface area (Å²) in [6, 6.07) is -0.0880. The second-order valence-electron chi connectivity index (χ2n) is 2.01. The lowest BCUT2D eigenvalue weighted by atomic mass is 10.2. The molecule has 1 radical (unpaired) electrons. The summed E-state index contributed by atoms with van der Waals surface area (Å²) in [4.78, 5) is 10.7. The first-order chi connectivity index (χ1) is 4.34. The lowest BCUT2D eigenvalue weighted by molar-refractivity contribution is -0.142. The predicted molar refractivity (Wildman–Crippen MR) is 32.7 cm³/mol. The number of ether oxygens (including phenoxy) is 1. The normalized spacial score (nSPS) is 26.1. The standard InChI is InChI=1S/C6H10NO2/c1-9-6(8)5-3-2-4-7-5/h2,5,7H,3-4H2,1H3/t5-/m1/s1. The van der Waals surface area contributed by atoms with Gasteiger partial charge in [0.05, 0.1) is 7.11 Å². The number of hydrogen-bond donors (Lipinski definition) is 1. The van der Waals surface area contributed by atoms with Crippen LogP contribution in [0, 0.1) is 6.42 Å². The molecule has 1 aliphatic rings. The van der Waals surface area contributed by atoms with Crippen LogP contribution >= 0.6 is 0 Å². The number of rotatable bonds is 1. The molecule has 0 unspecified atom stereocenters. The van der Waals surface area contributed by atoms with Crippen molar-refractivity contribution in [2.24, 2.45) is 0 Å². The van der Waals surface area contributed by atoms with Crippen LogP contribution in [0.2, 0.25) is 0 Å². The van der Waals surface area contributed by atoms with E-state index in [4.69, 9.17) is 0 Å². The Morgan fingerprint density at radius 1 is 1.89 bits per heavy atom. The Balaban J connectivity index is 2.32. The molecule has 1 aliphatic heterocycles. The maximum absolute atomic E-state index is 10.7. The molecule has 0 aromatic rings. The Kier molecular flexibility index (Phi) is 2.05. The summed E-state index contributed by atoms with van der Waals surface area (Å²) in [5.74, 6) is -0.163. The minimum Gasteiger partial charge on any atom is -0.468 e. The lowest BCUT2D eigenvalue weighted by Gasteiger charge is -2.04. The third kappa shape index (κ3) is 1.42. The van der Waals surface area contributed by atoms with Gasteiger partial charge in [0.15, 0.2) is 0 Å². The zero-order chi connectivity index (χ0) is 6.69. The molecule has 0 amide bonds. The van der Waals surface area contributed by atoms with Crippen molar-refractivity contribution in [3.05, 3.63) is 6.42 Å². The summed E-state index contributed by atoms with van der Waals surface area (Å²) in [5, 5.41) is 2.98. The van der Waals surface area contributed by atoms with E-state index >= 15 is 0 Å². The van der Waals surface area contributed by atoms with E-state index in [2.05, 4.69) is 10.1 Å². The molecule has 1 fully saturated rings. The van der Waals surface area contributed by atoms with E-state index in [0.717, 1.165) is 13.0 Å². The van der Waals surface area contributed by atoms with Crippen LogP contribution in [0.15, 0.2) is 0 Å². The van der Waals surface area contributed by atoms with E-state index in [1.165, 1.54) is 7.11 Å². The van der Waals surface area contributed by atoms with Crippen molar-refractivity contribution in [1.29, 1.82) is 0 Å². The molecule has 0 aromatic heterocycles. The molecule has 9 heavy (non-hydrogen) atoms. The molecule has 1 rings (SSSR count). The summed E-state index contributed by atoms with van der Waals surface area (Å²) in [7, 11) is 1.41. The summed E-state index contributed by atoms with van der Waals surface area (Å²) in [5.41, 5.74) is 0. The molecule has 0 spiro atoms. The smallest absolute Gasteiger partial charge is 0.322 e. The first kappa shape index (κ1) is 6.55. The molecule has 0 bridgehead atoms. The maximum atomic E-state index is 10.7. The molecular formula is C6H10NO2. The molecule has 0 aliphatic carbocycles. The SMILES string of the molecule is COC(=O)[C@H]1C[CH]CN1. The molecule has 1 atom stereocenters. The number of carbonyl (C=O) groups excluding carboxylic acids is 1. The van der Waals surface area contributed by atoms with Crippen LogP contribution in [0.5, 0.6) is 0 Å². The van der Waals surface area contributed by atoms with Gasteiger partial charge in [-0.15, -0.1) is 0 Å². The van der Waals surface area contributed by atoms with Crippen LogP contribution in [0.1, 0.15) is 6.42 Å². The first-order valence-corrected chi connectivity index (χ1v) is 2.97. The van der Waals surface area contributed by atoms with Crippen LogP contribution in [0.3, 0.4) is 0 Å². The fourth-order valence-corrected chi connectivity index (χ4v) is 0.881. The lowest BCUT2D eigenvalue weighted by Crippen LogP contribution is -2.31. The van der Waals surface area contributed by atoms with Gasteiger partial charge >= 0.3 is 5.97 Å². The first-order valence-electron chi connectivity index (χ1n) is 2.97. The Bertz CT molecular complexity index is 108. The highest BCUT2D eigenvalue weighted by molar-refractivity contribution is 5.76. The van der Waals surface area contributed by atoms with Crippen molar-refractivity contribution in [3.63, 3.8) is 0 Å². The van der Waals surface area contributed by atoms with Crippen molar-refractivity contribution in [1.82, 2.24) is 5.32 Å². The van der Waals surface area contributed by atoms with Crippen molar-refractivity contribution in [2.45, 2.75) is 12.5 Å². The number of carbonyl (C=O) groups is 1. The highest BCUT2D eigenvalue weighted by atomic mass is 16.5. The van der Waals surface area contributed by atoms with E-state index < -0.39 is 0 Å². The zero-order valence-electron chi connectivity index (χ0n) is 5.39. The molecule has 3 nitrogen and oxygen atoms in total. The third-order valence-electron chi connectivity index (χ3n) is 1.40. The maximum Gasteiger partial charge on any atom is 0.322 e. The van der Waals surface area contributed by atoms with Gasteiger partial charge in [-0.1, -0.05) is 0 Å². The van der Waals surface area contributed by atoms with Crippen LogP contribution in [-0.2, 0) is 9.53 Å². The summed E-state index contributed by atoms with van der Waals surface area (Å²) < 4.78 is 4.51. The van der Waals surface area contributed by atoms with Gasteiger partial charge in [0.25, 0.3) is 0 Å². The fraction of sp³-hybridized carbons (Fsp3) is 0.667. The van der Waals surface area contributed by atoms with E-state index in [1.807, 2.05) is 6.42 Å². The van der Waals surface area contributed by atoms with Crippen LogP contribution in [0.4, 0.5) is 0 Å². The van der Waals surface area contributed by atoms with Crippen molar-refractivity contribution >= 4 is 5.97 Å². The molecule has 3 heteroatoms. The molecule has 0 saturated carbocycles. The molecule has 1 N–H and O–H groups in total. The molecule has 0 aromatic carbocycles. The van der Waals surface area contributed by atoms with Gasteiger partial charge in [0.1, 0.15) is 6.04 Å². The highest BCUT2D eigenvalue weighted by Crippen LogP contribution is 2.04. The number of methoxy groups -OCH3 is 1. The van der Waals surface area contributed by atoms with Gasteiger partial charge < -0.3 is 10.1 Å². The highest BCUT2D eigenvalue weighted by Gasteiger charge is 2.21. The van der Waals surface area contributed by atoms with Crippen LogP contribution < -0.4 is 5.32 Å². The van der Waals surface area contributed by atoms with E-state index in [1.54, 1.807) is 0 Å². The summed E-state index contributed by atoms with van der Waals surface area (Å²) in [6.07, 6.45) is 2.83. The van der Waals surface area contributed by atoms with Crippen molar-refractivity contribution in [3.8, 4) is 0 Å². The molecule has 1 heterocycles. The fourth-order valence-electron chi connectivity index (χ4n) is 0.881. The predicted octanol–water partition coefficient (Wildman–Crippen LogP) is -0.274. The van der Waals surface area contributed by atoms with E-state index in [-0.39, 0.29) is 12.0 Å². The quantitative estimate of drug-likeness (QED) is 0.494.